The average molecular weight is 754 g/mol. The highest BCUT2D eigenvalue weighted by molar-refractivity contribution is 6.19. The first-order valence-corrected chi connectivity index (χ1v) is 17.5. The molecule has 0 fully saturated rings. The highest BCUT2D eigenvalue weighted by atomic mass is 35.5. The van der Waals surface area contributed by atoms with Crippen LogP contribution >= 0.6 is 23.2 Å². The zero-order valence-electron chi connectivity index (χ0n) is 29.4. The Kier molecular flexibility index (Phi) is 9.95. The van der Waals surface area contributed by atoms with Crippen LogP contribution in [0.1, 0.15) is 61.1 Å². The molecule has 2 unspecified atom stereocenters. The highest BCUT2D eigenvalue weighted by Crippen LogP contribution is 2.47. The van der Waals surface area contributed by atoms with Gasteiger partial charge in [-0.3, -0.25) is 9.69 Å². The second kappa shape index (κ2) is 14.1. The molecule has 0 saturated heterocycles. The second-order valence-corrected chi connectivity index (χ2v) is 14.1. The van der Waals surface area contributed by atoms with Gasteiger partial charge in [0.15, 0.2) is 45.9 Å². The largest absolute Gasteiger partial charge is 0.504 e. The summed E-state index contributed by atoms with van der Waals surface area (Å²) in [7, 11) is 1.47. The predicted octanol–water partition coefficient (Wildman–Crippen LogP) is 7.86. The van der Waals surface area contributed by atoms with E-state index in [1.807, 2.05) is 20.8 Å². The topological polar surface area (TPSA) is 172 Å². The summed E-state index contributed by atoms with van der Waals surface area (Å²) < 4.78 is 21.4. The molecule has 2 aliphatic heterocycles. The molecule has 0 bridgehead atoms. The van der Waals surface area contributed by atoms with Crippen LogP contribution in [0.2, 0.25) is 0 Å². The molecule has 0 aliphatic carbocycles. The van der Waals surface area contributed by atoms with Gasteiger partial charge in [0.2, 0.25) is 0 Å². The van der Waals surface area contributed by atoms with Crippen molar-refractivity contribution < 1.29 is 43.2 Å². The van der Waals surface area contributed by atoms with Crippen LogP contribution in [0.3, 0.4) is 0 Å². The molecular weight excluding hydrogens is 715 g/mol. The summed E-state index contributed by atoms with van der Waals surface area (Å²) in [6.45, 7) is 9.60. The summed E-state index contributed by atoms with van der Waals surface area (Å²) in [6.07, 6.45) is 2.55. The van der Waals surface area contributed by atoms with Crippen LogP contribution in [0.5, 0.6) is 23.0 Å². The minimum Gasteiger partial charge on any atom is -0.504 e. The number of hydrogen-bond donors (Lipinski definition) is 3. The van der Waals surface area contributed by atoms with Gasteiger partial charge < -0.3 is 38.5 Å². The van der Waals surface area contributed by atoms with E-state index < -0.39 is 11.7 Å². The van der Waals surface area contributed by atoms with E-state index in [0.29, 0.717) is 81.5 Å². The molecule has 2 amide bonds. The van der Waals surface area contributed by atoms with E-state index in [9.17, 15) is 24.9 Å². The number of halogens is 2. The molecule has 2 atom stereocenters. The molecule has 0 spiro atoms. The Hall–Kier alpha value is -5.14. The standard InChI is InChI=1S/C21H19ClN2O5.C16H19ClN2O4/c1-11-23-20-19-13(9-22)10-24(14(19)8-16(26)21(20)29-11)18(27)6-4-12-3-5-17(28-2)15(25)7-12;1-8-18-13-12-9(6-17)7-19(15(21)23-16(2,3)4)10(12)5-11(20)14(13)22-8/h3-8,13,25-26H,9-10H2,1-2H3;5,9,20H,6-7H2,1-4H3/b6-4+;. The number of phenols is 3. The van der Waals surface area contributed by atoms with E-state index in [0.717, 1.165) is 11.1 Å². The fourth-order valence-electron chi connectivity index (χ4n) is 6.44. The fraction of sp³-hybridized carbons (Fsp3) is 0.351. The van der Waals surface area contributed by atoms with E-state index >= 15 is 0 Å². The number of fused-ring (bicyclic) bond motifs is 6. The number of rotatable bonds is 5. The molecule has 0 radical (unpaired) electrons. The number of aryl methyl sites for hydroxylation is 2. The van der Waals surface area contributed by atoms with Crippen LogP contribution in [-0.4, -0.2) is 74.8 Å². The summed E-state index contributed by atoms with van der Waals surface area (Å²) in [4.78, 5) is 37.1. The molecule has 13 nitrogen and oxygen atoms in total. The van der Waals surface area contributed by atoms with Gasteiger partial charge in [-0.05, 0) is 44.5 Å². The van der Waals surface area contributed by atoms with Crippen molar-refractivity contribution in [2.45, 2.75) is 52.1 Å². The number of alkyl halides is 2. The summed E-state index contributed by atoms with van der Waals surface area (Å²) in [6, 6.07) is 7.89. The molecule has 3 N–H and O–H groups in total. The maximum Gasteiger partial charge on any atom is 0.414 e. The molecule has 7 rings (SSSR count). The minimum absolute atomic E-state index is 0.00969. The number of oxazole rings is 2. The fourth-order valence-corrected chi connectivity index (χ4v) is 6.95. The third-order valence-corrected chi connectivity index (χ3v) is 9.37. The van der Waals surface area contributed by atoms with E-state index in [4.69, 9.17) is 41.5 Å². The first-order valence-electron chi connectivity index (χ1n) is 16.4. The Morgan fingerprint density at radius 2 is 1.38 bits per heavy atom. The number of nitrogens with zero attached hydrogens (tertiary/aromatic N) is 4. The monoisotopic (exact) mass is 752 g/mol. The highest BCUT2D eigenvalue weighted by Gasteiger charge is 2.38. The normalized spacial score (nSPS) is 16.7. The summed E-state index contributed by atoms with van der Waals surface area (Å²) in [5.41, 5.74) is 4.50. The van der Waals surface area contributed by atoms with Crippen LogP contribution in [-0.2, 0) is 9.53 Å². The van der Waals surface area contributed by atoms with Gasteiger partial charge in [0, 0.05) is 79.9 Å². The van der Waals surface area contributed by atoms with Crippen molar-refractivity contribution in [2.75, 3.05) is 41.8 Å². The molecule has 274 valence electrons. The van der Waals surface area contributed by atoms with Crippen molar-refractivity contribution >= 4 is 74.9 Å². The number of benzene rings is 3. The van der Waals surface area contributed by atoms with Crippen molar-refractivity contribution in [3.8, 4) is 23.0 Å². The summed E-state index contributed by atoms with van der Waals surface area (Å²) in [5, 5.41) is 30.4. The maximum atomic E-state index is 12.9. The van der Waals surface area contributed by atoms with E-state index in [1.165, 1.54) is 36.3 Å². The van der Waals surface area contributed by atoms with Crippen LogP contribution in [0.15, 0.2) is 45.2 Å². The Labute approximate surface area is 309 Å². The Morgan fingerprint density at radius 1 is 0.865 bits per heavy atom. The van der Waals surface area contributed by atoms with Crippen molar-refractivity contribution in [1.29, 1.82) is 0 Å². The Morgan fingerprint density at radius 3 is 1.87 bits per heavy atom. The van der Waals surface area contributed by atoms with Crippen molar-refractivity contribution in [1.82, 2.24) is 9.97 Å². The number of aromatic hydroxyl groups is 3. The molecular formula is C37H38Cl2N4O9. The van der Waals surface area contributed by atoms with Crippen molar-refractivity contribution in [2.24, 2.45) is 0 Å². The number of carbonyl (C=O) groups excluding carboxylic acids is 2. The van der Waals surface area contributed by atoms with Gasteiger partial charge >= 0.3 is 6.09 Å². The van der Waals surface area contributed by atoms with Gasteiger partial charge in [0.1, 0.15) is 16.6 Å². The SMILES string of the molecule is COc1ccc(/C=C/C(=O)N2CC(CCl)c3c2cc(O)c2oc(C)nc32)cc1O.Cc1nc2c3c(cc(O)c2o1)N(C(=O)OC(C)(C)C)CC3CCl. The lowest BCUT2D eigenvalue weighted by molar-refractivity contribution is -0.114. The Balaban J connectivity index is 0.000000183. The lowest BCUT2D eigenvalue weighted by Crippen LogP contribution is -2.36. The van der Waals surface area contributed by atoms with Crippen LogP contribution in [0.25, 0.3) is 28.3 Å². The number of ether oxygens (including phenoxy) is 2. The van der Waals surface area contributed by atoms with Gasteiger partial charge in [0.25, 0.3) is 5.91 Å². The van der Waals surface area contributed by atoms with Crippen molar-refractivity contribution in [3.63, 3.8) is 0 Å². The second-order valence-electron chi connectivity index (χ2n) is 13.5. The number of amides is 2. The average Bonchev–Trinajstić information content (AvgIpc) is 3.85. The molecule has 2 aliphatic rings. The number of carbonyl (C=O) groups is 2. The quantitative estimate of drug-likeness (QED) is 0.118. The van der Waals surface area contributed by atoms with Gasteiger partial charge in [-0.1, -0.05) is 6.07 Å². The third-order valence-electron chi connectivity index (χ3n) is 8.62. The van der Waals surface area contributed by atoms with Crippen LogP contribution in [0, 0.1) is 13.8 Å². The first-order chi connectivity index (χ1) is 24.6. The Bertz CT molecular complexity index is 2220. The number of phenolic OH excluding ortho intramolecular Hbond substituents is 3. The summed E-state index contributed by atoms with van der Waals surface area (Å²) >= 11 is 12.2. The number of hydrogen-bond acceptors (Lipinski definition) is 11. The van der Waals surface area contributed by atoms with Gasteiger partial charge in [-0.2, -0.15) is 0 Å². The van der Waals surface area contributed by atoms with Gasteiger partial charge in [0.05, 0.1) is 18.5 Å². The smallest absolute Gasteiger partial charge is 0.414 e. The molecule has 0 saturated carbocycles. The number of anilines is 2. The van der Waals surface area contributed by atoms with Gasteiger partial charge in [-0.25, -0.2) is 14.8 Å². The van der Waals surface area contributed by atoms with E-state index in [1.54, 1.807) is 37.0 Å². The van der Waals surface area contributed by atoms with E-state index in [-0.39, 0.29) is 35.0 Å². The molecule has 4 heterocycles. The molecule has 52 heavy (non-hydrogen) atoms. The molecule has 2 aromatic heterocycles. The summed E-state index contributed by atoms with van der Waals surface area (Å²) in [5.74, 6) is 1.25. The number of methoxy groups -OCH3 is 1. The van der Waals surface area contributed by atoms with Crippen LogP contribution in [0.4, 0.5) is 16.2 Å². The maximum absolute atomic E-state index is 12.9. The lowest BCUT2D eigenvalue weighted by atomic mass is 10.0. The first kappa shape index (κ1) is 36.6. The predicted molar refractivity (Wildman–Crippen MR) is 197 cm³/mol. The number of aromatic nitrogens is 2. The molecule has 3 aromatic carbocycles. The molecule has 15 heteroatoms. The van der Waals surface area contributed by atoms with Crippen molar-refractivity contribution in [3.05, 3.63) is 64.9 Å². The molecule has 5 aromatic rings. The zero-order valence-corrected chi connectivity index (χ0v) is 30.9. The minimum atomic E-state index is -0.604. The third kappa shape index (κ3) is 6.90. The van der Waals surface area contributed by atoms with E-state index in [2.05, 4.69) is 9.97 Å². The van der Waals surface area contributed by atoms with Gasteiger partial charge in [-0.15, -0.1) is 23.2 Å². The zero-order chi connectivity index (χ0) is 37.6. The van der Waals surface area contributed by atoms with Crippen LogP contribution < -0.4 is 14.5 Å². The lowest BCUT2D eigenvalue weighted by Gasteiger charge is -2.25.